The molecule has 2 rings (SSSR count). The summed E-state index contributed by atoms with van der Waals surface area (Å²) in [6, 6.07) is 4.76. The average molecular weight is 339 g/mol. The van der Waals surface area contributed by atoms with Crippen LogP contribution in [0.25, 0.3) is 0 Å². The van der Waals surface area contributed by atoms with Crippen LogP contribution in [0.1, 0.15) is 56.2 Å². The van der Waals surface area contributed by atoms with Gasteiger partial charge >= 0.3 is 0 Å². The molecule has 1 aliphatic heterocycles. The number of hydrogen-bond acceptors (Lipinski definition) is 2. The maximum atomic E-state index is 12.8. The van der Waals surface area contributed by atoms with Gasteiger partial charge in [-0.25, -0.2) is 0 Å². The zero-order chi connectivity index (χ0) is 16.3. The summed E-state index contributed by atoms with van der Waals surface area (Å²) in [7, 11) is 0. The lowest BCUT2D eigenvalue weighted by atomic mass is 9.98. The molecule has 0 aromatic heterocycles. The predicted octanol–water partition coefficient (Wildman–Crippen LogP) is 4.63. The van der Waals surface area contributed by atoms with Crippen molar-refractivity contribution in [1.29, 1.82) is 0 Å². The number of carbonyl (C=O) groups is 1. The van der Waals surface area contributed by atoms with Crippen molar-refractivity contribution in [2.24, 2.45) is 0 Å². The number of carbonyl (C=O) groups excluding carboxylic acids is 1. The number of piperidine rings is 1. The molecule has 1 heterocycles. The lowest BCUT2D eigenvalue weighted by molar-refractivity contribution is -0.123. The van der Waals surface area contributed by atoms with E-state index in [1.807, 2.05) is 0 Å². The van der Waals surface area contributed by atoms with Gasteiger partial charge in [0, 0.05) is 11.7 Å². The lowest BCUT2D eigenvalue weighted by Gasteiger charge is -2.38. The first-order valence-corrected chi connectivity index (χ1v) is 8.58. The number of aryl methyl sites for hydroxylation is 3. The molecule has 1 fully saturated rings. The fourth-order valence-electron chi connectivity index (χ4n) is 3.58. The molecule has 1 aliphatic rings. The zero-order valence-electron chi connectivity index (χ0n) is 15.1. The summed E-state index contributed by atoms with van der Waals surface area (Å²) < 4.78 is 0. The Bertz CT molecular complexity index is 521. The molecule has 2 unspecified atom stereocenters. The second-order valence-electron chi connectivity index (χ2n) is 6.77. The number of halogens is 1. The van der Waals surface area contributed by atoms with Crippen LogP contribution in [0.5, 0.6) is 0 Å². The van der Waals surface area contributed by atoms with Crippen LogP contribution in [0, 0.1) is 20.8 Å². The Hall–Kier alpha value is -1.06. The highest BCUT2D eigenvalue weighted by Crippen LogP contribution is 2.25. The minimum Gasteiger partial charge on any atom is -0.324 e. The zero-order valence-corrected chi connectivity index (χ0v) is 15.9. The van der Waals surface area contributed by atoms with Crippen LogP contribution in [-0.2, 0) is 4.79 Å². The highest BCUT2D eigenvalue weighted by atomic mass is 35.5. The standard InChI is InChI=1S/C19H30N2O.ClH/c1-6-16(5)21-10-8-7-9-17(21)19(22)20-18-14(3)11-13(2)12-15(18)4;/h11-12,16-17H,6-10H2,1-5H3,(H,20,22);1H. The van der Waals surface area contributed by atoms with Gasteiger partial charge in [0.15, 0.2) is 0 Å². The SMILES string of the molecule is CCC(C)N1CCCCC1C(=O)Nc1c(C)cc(C)cc1C.Cl. The van der Waals surface area contributed by atoms with Crippen LogP contribution in [0.2, 0.25) is 0 Å². The third-order valence-electron chi connectivity index (χ3n) is 4.93. The van der Waals surface area contributed by atoms with Gasteiger partial charge in [-0.1, -0.05) is 31.0 Å². The topological polar surface area (TPSA) is 32.3 Å². The summed E-state index contributed by atoms with van der Waals surface area (Å²) in [6.07, 6.45) is 4.42. The van der Waals surface area contributed by atoms with Crippen molar-refractivity contribution in [2.75, 3.05) is 11.9 Å². The fourth-order valence-corrected chi connectivity index (χ4v) is 3.58. The first-order valence-electron chi connectivity index (χ1n) is 8.58. The summed E-state index contributed by atoms with van der Waals surface area (Å²) in [5.41, 5.74) is 4.53. The first kappa shape index (κ1) is 20.0. The van der Waals surface area contributed by atoms with Gasteiger partial charge in [-0.3, -0.25) is 9.69 Å². The normalized spacial score (nSPS) is 19.8. The molecule has 4 heteroatoms. The molecule has 1 N–H and O–H groups in total. The molecule has 23 heavy (non-hydrogen) atoms. The third-order valence-corrected chi connectivity index (χ3v) is 4.93. The van der Waals surface area contributed by atoms with E-state index in [2.05, 4.69) is 57.0 Å². The maximum absolute atomic E-state index is 12.8. The minimum atomic E-state index is 0. The van der Waals surface area contributed by atoms with Crippen LogP contribution in [0.4, 0.5) is 5.69 Å². The van der Waals surface area contributed by atoms with Crippen molar-refractivity contribution in [2.45, 2.75) is 72.4 Å². The number of benzene rings is 1. The molecular weight excluding hydrogens is 308 g/mol. The van der Waals surface area contributed by atoms with Gasteiger partial charge in [-0.15, -0.1) is 12.4 Å². The molecule has 1 amide bonds. The Morgan fingerprint density at radius 1 is 1.26 bits per heavy atom. The van der Waals surface area contributed by atoms with Gasteiger partial charge in [0.05, 0.1) is 6.04 Å². The van der Waals surface area contributed by atoms with Crippen molar-refractivity contribution < 1.29 is 4.79 Å². The summed E-state index contributed by atoms with van der Waals surface area (Å²) in [5.74, 6) is 0.162. The van der Waals surface area contributed by atoms with Crippen LogP contribution < -0.4 is 5.32 Å². The Balaban J connectivity index is 0.00000264. The quantitative estimate of drug-likeness (QED) is 0.868. The van der Waals surface area contributed by atoms with Gasteiger partial charge in [-0.2, -0.15) is 0 Å². The van der Waals surface area contributed by atoms with E-state index in [-0.39, 0.29) is 24.4 Å². The first-order chi connectivity index (χ1) is 10.4. The van der Waals surface area contributed by atoms with E-state index in [4.69, 9.17) is 0 Å². The predicted molar refractivity (Wildman–Crippen MR) is 101 cm³/mol. The second kappa shape index (κ2) is 8.70. The monoisotopic (exact) mass is 338 g/mol. The van der Waals surface area contributed by atoms with E-state index in [1.165, 1.54) is 12.0 Å². The van der Waals surface area contributed by atoms with E-state index < -0.39 is 0 Å². The molecule has 0 saturated carbocycles. The Kier molecular flexibility index (Phi) is 7.56. The van der Waals surface area contributed by atoms with Crippen molar-refractivity contribution >= 4 is 24.0 Å². The average Bonchev–Trinajstić information content (AvgIpc) is 2.49. The smallest absolute Gasteiger partial charge is 0.241 e. The van der Waals surface area contributed by atoms with Crippen molar-refractivity contribution in [1.82, 2.24) is 4.90 Å². The molecule has 0 bridgehead atoms. The molecule has 1 aromatic carbocycles. The minimum absolute atomic E-state index is 0. The van der Waals surface area contributed by atoms with Crippen LogP contribution in [0.3, 0.4) is 0 Å². The van der Waals surface area contributed by atoms with Crippen molar-refractivity contribution in [3.63, 3.8) is 0 Å². The van der Waals surface area contributed by atoms with Crippen molar-refractivity contribution in [3.05, 3.63) is 28.8 Å². The van der Waals surface area contributed by atoms with E-state index in [0.717, 1.165) is 42.6 Å². The van der Waals surface area contributed by atoms with Crippen LogP contribution in [0.15, 0.2) is 12.1 Å². The molecule has 1 aromatic rings. The molecule has 1 saturated heterocycles. The number of likely N-dealkylation sites (tertiary alicyclic amines) is 1. The van der Waals surface area contributed by atoms with E-state index >= 15 is 0 Å². The number of amides is 1. The van der Waals surface area contributed by atoms with Crippen molar-refractivity contribution in [3.8, 4) is 0 Å². The van der Waals surface area contributed by atoms with E-state index in [1.54, 1.807) is 0 Å². The molecule has 2 atom stereocenters. The van der Waals surface area contributed by atoms with Gasteiger partial charge in [0.25, 0.3) is 0 Å². The highest BCUT2D eigenvalue weighted by Gasteiger charge is 2.31. The van der Waals surface area contributed by atoms with E-state index in [9.17, 15) is 4.79 Å². The lowest BCUT2D eigenvalue weighted by Crippen LogP contribution is -2.50. The molecule has 0 spiro atoms. The number of rotatable bonds is 4. The van der Waals surface area contributed by atoms with E-state index in [0.29, 0.717) is 6.04 Å². The van der Waals surface area contributed by atoms with Crippen LogP contribution in [-0.4, -0.2) is 29.4 Å². The number of nitrogens with one attached hydrogen (secondary N) is 1. The van der Waals surface area contributed by atoms with Gasteiger partial charge in [0.1, 0.15) is 0 Å². The summed E-state index contributed by atoms with van der Waals surface area (Å²) in [6.45, 7) is 11.7. The summed E-state index contributed by atoms with van der Waals surface area (Å²) >= 11 is 0. The molecule has 3 nitrogen and oxygen atoms in total. The Labute approximate surface area is 147 Å². The maximum Gasteiger partial charge on any atom is 0.241 e. The molecular formula is C19H31ClN2O. The van der Waals surface area contributed by atoms with Gasteiger partial charge in [0.2, 0.25) is 5.91 Å². The number of nitrogens with zero attached hydrogens (tertiary/aromatic N) is 1. The third kappa shape index (κ3) is 4.71. The second-order valence-corrected chi connectivity index (χ2v) is 6.77. The number of hydrogen-bond donors (Lipinski definition) is 1. The van der Waals surface area contributed by atoms with Crippen LogP contribution >= 0.6 is 12.4 Å². The van der Waals surface area contributed by atoms with Gasteiger partial charge < -0.3 is 5.32 Å². The largest absolute Gasteiger partial charge is 0.324 e. The Morgan fingerprint density at radius 2 is 1.87 bits per heavy atom. The summed E-state index contributed by atoms with van der Waals surface area (Å²) in [5, 5.41) is 3.20. The molecule has 0 radical (unpaired) electrons. The molecule has 130 valence electrons. The number of anilines is 1. The summed E-state index contributed by atoms with van der Waals surface area (Å²) in [4.78, 5) is 15.2. The fraction of sp³-hybridized carbons (Fsp3) is 0.632. The molecule has 0 aliphatic carbocycles. The van der Waals surface area contributed by atoms with Gasteiger partial charge in [-0.05, 0) is 64.6 Å². The Morgan fingerprint density at radius 3 is 2.43 bits per heavy atom. The highest BCUT2D eigenvalue weighted by molar-refractivity contribution is 5.96.